The van der Waals surface area contributed by atoms with E-state index < -0.39 is 0 Å². The highest BCUT2D eigenvalue weighted by atomic mass is 16.1. The Morgan fingerprint density at radius 2 is 1.83 bits per heavy atom. The molecule has 0 aliphatic carbocycles. The Morgan fingerprint density at radius 1 is 1.04 bits per heavy atom. The van der Waals surface area contributed by atoms with Gasteiger partial charge < -0.3 is 9.55 Å². The third-order valence-corrected chi connectivity index (χ3v) is 3.97. The van der Waals surface area contributed by atoms with Gasteiger partial charge in [0.1, 0.15) is 0 Å². The summed E-state index contributed by atoms with van der Waals surface area (Å²) in [5.41, 5.74) is 4.22. The van der Waals surface area contributed by atoms with Crippen molar-refractivity contribution in [1.82, 2.24) is 14.5 Å². The highest BCUT2D eigenvalue weighted by molar-refractivity contribution is 6.06. The first-order valence-electron chi connectivity index (χ1n) is 7.71. The first-order chi connectivity index (χ1) is 11.7. The maximum absolute atomic E-state index is 12.8. The largest absolute Gasteiger partial charge is 0.324 e. The molecule has 2 N–H and O–H groups in total. The fourth-order valence-electron chi connectivity index (χ4n) is 2.86. The molecular formula is C19H16N4O. The molecule has 118 valence electrons. The van der Waals surface area contributed by atoms with Crippen LogP contribution in [0.4, 0.5) is 5.95 Å². The molecule has 4 aromatic rings. The lowest BCUT2D eigenvalue weighted by atomic mass is 10.1. The van der Waals surface area contributed by atoms with Crippen molar-refractivity contribution in [1.29, 1.82) is 0 Å². The zero-order chi connectivity index (χ0) is 16.5. The fourth-order valence-corrected chi connectivity index (χ4v) is 2.86. The van der Waals surface area contributed by atoms with Crippen molar-refractivity contribution in [2.24, 2.45) is 0 Å². The molecule has 0 saturated heterocycles. The number of carbonyl (C=O) groups excluding carboxylic acids is 1. The Labute approximate surface area is 139 Å². The van der Waals surface area contributed by atoms with Crippen LogP contribution < -0.4 is 5.32 Å². The summed E-state index contributed by atoms with van der Waals surface area (Å²) >= 11 is 0. The molecule has 0 spiro atoms. The van der Waals surface area contributed by atoms with E-state index in [1.165, 1.54) is 0 Å². The second-order valence-corrected chi connectivity index (χ2v) is 5.62. The van der Waals surface area contributed by atoms with E-state index >= 15 is 0 Å². The summed E-state index contributed by atoms with van der Waals surface area (Å²) in [5.74, 6) is 0.252. The van der Waals surface area contributed by atoms with Crippen molar-refractivity contribution < 1.29 is 4.79 Å². The van der Waals surface area contributed by atoms with Crippen LogP contribution in [0.1, 0.15) is 15.9 Å². The minimum absolute atomic E-state index is 0.193. The Balaban J connectivity index is 1.71. The van der Waals surface area contributed by atoms with E-state index in [0.717, 1.165) is 22.3 Å². The number of anilines is 1. The molecule has 24 heavy (non-hydrogen) atoms. The molecular weight excluding hydrogens is 300 g/mol. The maximum Gasteiger partial charge on any atom is 0.260 e. The zero-order valence-electron chi connectivity index (χ0n) is 13.2. The van der Waals surface area contributed by atoms with Crippen LogP contribution in [0.25, 0.3) is 16.7 Å². The Kier molecular flexibility index (Phi) is 3.39. The van der Waals surface area contributed by atoms with Gasteiger partial charge in [-0.2, -0.15) is 0 Å². The molecule has 2 aromatic carbocycles. The number of fused-ring (bicyclic) bond motifs is 1. The molecule has 0 radical (unpaired) electrons. The number of aromatic amines is 1. The highest BCUT2D eigenvalue weighted by Gasteiger charge is 2.16. The summed E-state index contributed by atoms with van der Waals surface area (Å²) in [4.78, 5) is 20.3. The minimum Gasteiger partial charge on any atom is -0.324 e. The van der Waals surface area contributed by atoms with Gasteiger partial charge in [-0.25, -0.2) is 4.98 Å². The number of carbonyl (C=O) groups is 1. The van der Waals surface area contributed by atoms with Crippen molar-refractivity contribution >= 4 is 22.9 Å². The smallest absolute Gasteiger partial charge is 0.260 e. The van der Waals surface area contributed by atoms with E-state index in [-0.39, 0.29) is 5.91 Å². The van der Waals surface area contributed by atoms with Crippen molar-refractivity contribution in [3.05, 3.63) is 78.1 Å². The van der Waals surface area contributed by atoms with Gasteiger partial charge in [0, 0.05) is 12.4 Å². The second kappa shape index (κ2) is 5.70. The van der Waals surface area contributed by atoms with Gasteiger partial charge in [0.2, 0.25) is 5.95 Å². The van der Waals surface area contributed by atoms with Crippen molar-refractivity contribution in [2.75, 3.05) is 5.32 Å². The molecule has 0 unspecified atom stereocenters. The third-order valence-electron chi connectivity index (χ3n) is 3.97. The number of aromatic nitrogens is 3. The molecule has 0 saturated carbocycles. The summed E-state index contributed by atoms with van der Waals surface area (Å²) in [7, 11) is 0. The normalized spacial score (nSPS) is 10.9. The van der Waals surface area contributed by atoms with Crippen LogP contribution in [0.15, 0.2) is 67.0 Å². The molecule has 5 nitrogen and oxygen atoms in total. The molecule has 2 aromatic heterocycles. The lowest BCUT2D eigenvalue weighted by Gasteiger charge is -2.13. The average molecular weight is 316 g/mol. The van der Waals surface area contributed by atoms with E-state index in [4.69, 9.17) is 0 Å². The molecule has 0 aliphatic rings. The van der Waals surface area contributed by atoms with Crippen LogP contribution >= 0.6 is 0 Å². The van der Waals surface area contributed by atoms with Crippen LogP contribution in [0, 0.1) is 6.92 Å². The average Bonchev–Trinajstić information content (AvgIpc) is 3.23. The van der Waals surface area contributed by atoms with Gasteiger partial charge in [-0.3, -0.25) is 10.1 Å². The van der Waals surface area contributed by atoms with Crippen LogP contribution in [-0.2, 0) is 0 Å². The van der Waals surface area contributed by atoms with Crippen LogP contribution in [0.2, 0.25) is 0 Å². The molecule has 0 atom stereocenters. The number of H-pyrrole nitrogens is 1. The predicted molar refractivity (Wildman–Crippen MR) is 94.6 cm³/mol. The number of amides is 1. The number of nitrogens with zero attached hydrogens (tertiary/aromatic N) is 2. The van der Waals surface area contributed by atoms with E-state index in [1.54, 1.807) is 0 Å². The van der Waals surface area contributed by atoms with Crippen molar-refractivity contribution in [3.63, 3.8) is 0 Å². The van der Waals surface area contributed by atoms with Gasteiger partial charge in [0.25, 0.3) is 5.91 Å². The zero-order valence-corrected chi connectivity index (χ0v) is 13.2. The standard InChI is InChI=1S/C19H16N4O/c1-13-7-6-8-14(17(13)23-11-4-5-12-23)18(24)22-19-20-15-9-2-3-10-16(15)21-19/h2-12H,1H3,(H2,20,21,22,24). The molecule has 1 amide bonds. The quantitative estimate of drug-likeness (QED) is 0.602. The van der Waals surface area contributed by atoms with E-state index in [2.05, 4.69) is 15.3 Å². The lowest BCUT2D eigenvalue weighted by Crippen LogP contribution is -2.16. The van der Waals surface area contributed by atoms with Crippen molar-refractivity contribution in [3.8, 4) is 5.69 Å². The minimum atomic E-state index is -0.193. The van der Waals surface area contributed by atoms with Gasteiger partial charge in [0.05, 0.1) is 22.3 Å². The molecule has 2 heterocycles. The summed E-state index contributed by atoms with van der Waals surface area (Å²) in [6.45, 7) is 1.99. The SMILES string of the molecule is Cc1cccc(C(=O)Nc2nc3ccccc3[nH]2)c1-n1cccc1. The van der Waals surface area contributed by atoms with E-state index in [9.17, 15) is 4.79 Å². The number of aryl methyl sites for hydroxylation is 1. The van der Waals surface area contributed by atoms with Crippen LogP contribution in [0.3, 0.4) is 0 Å². The summed E-state index contributed by atoms with van der Waals surface area (Å²) < 4.78 is 1.95. The van der Waals surface area contributed by atoms with E-state index in [1.807, 2.05) is 78.5 Å². The van der Waals surface area contributed by atoms with E-state index in [0.29, 0.717) is 11.5 Å². The number of rotatable bonds is 3. The first-order valence-corrected chi connectivity index (χ1v) is 7.71. The predicted octanol–water partition coefficient (Wildman–Crippen LogP) is 3.91. The Morgan fingerprint density at radius 3 is 2.62 bits per heavy atom. The first kappa shape index (κ1) is 14.3. The second-order valence-electron chi connectivity index (χ2n) is 5.62. The Bertz CT molecular complexity index is 982. The Hall–Kier alpha value is -3.34. The number of benzene rings is 2. The van der Waals surface area contributed by atoms with Gasteiger partial charge >= 0.3 is 0 Å². The summed E-state index contributed by atoms with van der Waals surface area (Å²) in [5, 5.41) is 2.86. The molecule has 4 rings (SSSR count). The van der Waals surface area contributed by atoms with Gasteiger partial charge in [0.15, 0.2) is 0 Å². The summed E-state index contributed by atoms with van der Waals surface area (Å²) in [6.07, 6.45) is 3.86. The van der Waals surface area contributed by atoms with Crippen LogP contribution in [0.5, 0.6) is 0 Å². The van der Waals surface area contributed by atoms with Gasteiger partial charge in [-0.1, -0.05) is 24.3 Å². The van der Waals surface area contributed by atoms with Crippen LogP contribution in [-0.4, -0.2) is 20.4 Å². The maximum atomic E-state index is 12.8. The monoisotopic (exact) mass is 316 g/mol. The molecule has 0 bridgehead atoms. The number of para-hydroxylation sites is 3. The highest BCUT2D eigenvalue weighted by Crippen LogP contribution is 2.21. The number of hydrogen-bond acceptors (Lipinski definition) is 2. The van der Waals surface area contributed by atoms with Crippen molar-refractivity contribution in [2.45, 2.75) is 6.92 Å². The third kappa shape index (κ3) is 2.46. The topological polar surface area (TPSA) is 62.7 Å². The molecule has 0 fully saturated rings. The summed E-state index contributed by atoms with van der Waals surface area (Å²) in [6, 6.07) is 17.2. The fraction of sp³-hybridized carbons (Fsp3) is 0.0526. The molecule has 0 aliphatic heterocycles. The molecule has 5 heteroatoms. The number of nitrogens with one attached hydrogen (secondary N) is 2. The number of imidazole rings is 1. The number of hydrogen-bond donors (Lipinski definition) is 2. The van der Waals surface area contributed by atoms with Gasteiger partial charge in [-0.05, 0) is 42.8 Å². The lowest BCUT2D eigenvalue weighted by molar-refractivity contribution is 0.102. The van der Waals surface area contributed by atoms with Gasteiger partial charge in [-0.15, -0.1) is 0 Å².